The third-order valence-electron chi connectivity index (χ3n) is 4.61. The van der Waals surface area contributed by atoms with Crippen LogP contribution in [0.2, 0.25) is 0 Å². The van der Waals surface area contributed by atoms with Crippen LogP contribution in [0.25, 0.3) is 11.3 Å². The number of ether oxygens (including phenoxy) is 1. The molecule has 1 atom stereocenters. The zero-order valence-electron chi connectivity index (χ0n) is 14.8. The number of carbonyl (C=O) groups is 1. The lowest BCUT2D eigenvalue weighted by atomic mass is 10.0. The summed E-state index contributed by atoms with van der Waals surface area (Å²) in [5.74, 6) is 0. The summed E-state index contributed by atoms with van der Waals surface area (Å²) < 4.78 is 6.75. The monoisotopic (exact) mass is 343 g/mol. The molecular formula is C19H25N3O3. The van der Waals surface area contributed by atoms with Crippen molar-refractivity contribution < 1.29 is 9.53 Å². The van der Waals surface area contributed by atoms with Gasteiger partial charge in [-0.1, -0.05) is 25.5 Å². The Kier molecular flexibility index (Phi) is 5.26. The molecule has 6 nitrogen and oxygen atoms in total. The van der Waals surface area contributed by atoms with Crippen LogP contribution < -0.4 is 10.9 Å². The first-order chi connectivity index (χ1) is 12.1. The number of alkyl carbamates (subject to hydrolysis) is 1. The predicted octanol–water partition coefficient (Wildman–Crippen LogP) is 2.86. The third-order valence-corrected chi connectivity index (χ3v) is 4.61. The van der Waals surface area contributed by atoms with E-state index in [9.17, 15) is 9.59 Å². The summed E-state index contributed by atoms with van der Waals surface area (Å²) >= 11 is 0. The number of H-pyrrole nitrogens is 1. The number of hydrogen-bond donors (Lipinski definition) is 2. The molecule has 1 aromatic carbocycles. The van der Waals surface area contributed by atoms with E-state index in [1.807, 2.05) is 13.0 Å². The predicted molar refractivity (Wildman–Crippen MR) is 96.8 cm³/mol. The van der Waals surface area contributed by atoms with Gasteiger partial charge in [0, 0.05) is 18.7 Å². The standard InChI is InChI=1S/C19H25N3O3/c1-3-5-8-25-19(24)20-16-10-13-6-7-14(9-15(13)11-16)17-12-18(23)22(4-2)21-17/h6-7,9,12,16,21H,3-5,8,10-11H2,1-2H3,(H,20,24). The van der Waals surface area contributed by atoms with E-state index in [4.69, 9.17) is 4.74 Å². The highest BCUT2D eigenvalue weighted by Gasteiger charge is 2.24. The van der Waals surface area contributed by atoms with Crippen molar-refractivity contribution in [1.82, 2.24) is 15.1 Å². The van der Waals surface area contributed by atoms with Crippen molar-refractivity contribution in [2.24, 2.45) is 0 Å². The first-order valence-electron chi connectivity index (χ1n) is 8.96. The van der Waals surface area contributed by atoms with Gasteiger partial charge in [0.2, 0.25) is 0 Å². The van der Waals surface area contributed by atoms with Crippen molar-refractivity contribution in [3.63, 3.8) is 0 Å². The lowest BCUT2D eigenvalue weighted by Gasteiger charge is -2.12. The molecule has 0 spiro atoms. The summed E-state index contributed by atoms with van der Waals surface area (Å²) in [5, 5.41) is 6.07. The molecule has 134 valence electrons. The Balaban J connectivity index is 1.66. The van der Waals surface area contributed by atoms with Crippen molar-refractivity contribution in [3.05, 3.63) is 45.7 Å². The fraction of sp³-hybridized carbons (Fsp3) is 0.474. The van der Waals surface area contributed by atoms with Crippen molar-refractivity contribution >= 4 is 6.09 Å². The van der Waals surface area contributed by atoms with Gasteiger partial charge in [0.15, 0.2) is 0 Å². The van der Waals surface area contributed by atoms with Crippen molar-refractivity contribution in [2.75, 3.05) is 6.61 Å². The number of carbonyl (C=O) groups excluding carboxylic acids is 1. The van der Waals surface area contributed by atoms with Crippen molar-refractivity contribution in [3.8, 4) is 11.3 Å². The highest BCUT2D eigenvalue weighted by Crippen LogP contribution is 2.27. The Hall–Kier alpha value is -2.50. The number of amides is 1. The summed E-state index contributed by atoms with van der Waals surface area (Å²) in [5.41, 5.74) is 4.24. The van der Waals surface area contributed by atoms with Gasteiger partial charge in [0.05, 0.1) is 12.3 Å². The van der Waals surface area contributed by atoms with Crippen molar-refractivity contribution in [1.29, 1.82) is 0 Å². The molecule has 0 fully saturated rings. The number of unbranched alkanes of at least 4 members (excludes halogenated alkanes) is 1. The second-order valence-electron chi connectivity index (χ2n) is 6.47. The number of aryl methyl sites for hydroxylation is 1. The molecule has 1 aliphatic carbocycles. The molecule has 0 radical (unpaired) electrons. The van der Waals surface area contributed by atoms with Gasteiger partial charge in [-0.25, -0.2) is 4.79 Å². The van der Waals surface area contributed by atoms with E-state index in [1.165, 1.54) is 11.1 Å². The average Bonchev–Trinajstić information content (AvgIpc) is 3.16. The molecule has 0 aliphatic heterocycles. The SMILES string of the molecule is CCCCOC(=O)NC1Cc2ccc(-c3cc(=O)n(CC)[nH]3)cc2C1. The van der Waals surface area contributed by atoms with Gasteiger partial charge in [-0.3, -0.25) is 14.6 Å². The van der Waals surface area contributed by atoms with Crippen LogP contribution in [0.4, 0.5) is 4.79 Å². The minimum Gasteiger partial charge on any atom is -0.450 e. The van der Waals surface area contributed by atoms with Crippen LogP contribution in [-0.2, 0) is 24.1 Å². The van der Waals surface area contributed by atoms with Gasteiger partial charge in [0.1, 0.15) is 0 Å². The summed E-state index contributed by atoms with van der Waals surface area (Å²) in [6, 6.07) is 7.90. The first kappa shape index (κ1) is 17.3. The van der Waals surface area contributed by atoms with Crippen LogP contribution >= 0.6 is 0 Å². The van der Waals surface area contributed by atoms with E-state index in [2.05, 4.69) is 29.5 Å². The second kappa shape index (κ2) is 7.59. The lowest BCUT2D eigenvalue weighted by Crippen LogP contribution is -2.35. The molecule has 0 bridgehead atoms. The molecule has 1 amide bonds. The maximum absolute atomic E-state index is 11.8. The number of benzene rings is 1. The Morgan fingerprint density at radius 1 is 1.28 bits per heavy atom. The van der Waals surface area contributed by atoms with Gasteiger partial charge < -0.3 is 10.1 Å². The number of aromatic amines is 1. The van der Waals surface area contributed by atoms with Gasteiger partial charge in [-0.05, 0) is 48.9 Å². The minimum atomic E-state index is -0.337. The summed E-state index contributed by atoms with van der Waals surface area (Å²) in [7, 11) is 0. The Morgan fingerprint density at radius 3 is 2.80 bits per heavy atom. The van der Waals surface area contributed by atoms with Crippen LogP contribution in [0.5, 0.6) is 0 Å². The van der Waals surface area contributed by atoms with E-state index in [0.717, 1.165) is 36.9 Å². The van der Waals surface area contributed by atoms with E-state index in [0.29, 0.717) is 13.2 Å². The van der Waals surface area contributed by atoms with E-state index < -0.39 is 0 Å². The topological polar surface area (TPSA) is 76.1 Å². The minimum absolute atomic E-state index is 0.0210. The maximum atomic E-state index is 11.8. The Morgan fingerprint density at radius 2 is 2.08 bits per heavy atom. The summed E-state index contributed by atoms with van der Waals surface area (Å²) in [6.45, 7) is 5.08. The van der Waals surface area contributed by atoms with Gasteiger partial charge in [0.25, 0.3) is 5.56 Å². The molecule has 25 heavy (non-hydrogen) atoms. The fourth-order valence-corrected chi connectivity index (χ4v) is 3.22. The third kappa shape index (κ3) is 3.95. The van der Waals surface area contributed by atoms with E-state index in [1.54, 1.807) is 10.7 Å². The van der Waals surface area contributed by atoms with Gasteiger partial charge >= 0.3 is 6.09 Å². The van der Waals surface area contributed by atoms with E-state index in [-0.39, 0.29) is 17.7 Å². The molecule has 1 aliphatic rings. The molecule has 6 heteroatoms. The summed E-state index contributed by atoms with van der Waals surface area (Å²) in [4.78, 5) is 23.6. The maximum Gasteiger partial charge on any atom is 0.407 e. The van der Waals surface area contributed by atoms with Crippen LogP contribution in [0.1, 0.15) is 37.8 Å². The largest absolute Gasteiger partial charge is 0.450 e. The normalized spacial score (nSPS) is 15.8. The van der Waals surface area contributed by atoms with E-state index >= 15 is 0 Å². The number of nitrogens with one attached hydrogen (secondary N) is 2. The molecular weight excluding hydrogens is 318 g/mol. The van der Waals surface area contributed by atoms with Crippen LogP contribution in [0.3, 0.4) is 0 Å². The van der Waals surface area contributed by atoms with Gasteiger partial charge in [-0.15, -0.1) is 0 Å². The smallest absolute Gasteiger partial charge is 0.407 e. The number of rotatable bonds is 6. The lowest BCUT2D eigenvalue weighted by molar-refractivity contribution is 0.141. The number of hydrogen-bond acceptors (Lipinski definition) is 3. The number of aromatic nitrogens is 2. The Labute approximate surface area is 147 Å². The van der Waals surface area contributed by atoms with Crippen LogP contribution in [-0.4, -0.2) is 28.5 Å². The second-order valence-corrected chi connectivity index (χ2v) is 6.47. The molecule has 1 aromatic heterocycles. The fourth-order valence-electron chi connectivity index (χ4n) is 3.22. The zero-order chi connectivity index (χ0) is 17.8. The number of nitrogens with zero attached hydrogens (tertiary/aromatic N) is 1. The molecule has 0 saturated heterocycles. The Bertz CT molecular complexity index is 806. The average molecular weight is 343 g/mol. The van der Waals surface area contributed by atoms with Crippen molar-refractivity contribution in [2.45, 2.75) is 52.1 Å². The first-order valence-corrected chi connectivity index (χ1v) is 8.96. The van der Waals surface area contributed by atoms with Crippen LogP contribution in [0, 0.1) is 0 Å². The van der Waals surface area contributed by atoms with Gasteiger partial charge in [-0.2, -0.15) is 0 Å². The zero-order valence-corrected chi connectivity index (χ0v) is 14.8. The molecule has 0 saturated carbocycles. The summed E-state index contributed by atoms with van der Waals surface area (Å²) in [6.07, 6.45) is 3.15. The highest BCUT2D eigenvalue weighted by molar-refractivity contribution is 5.68. The quantitative estimate of drug-likeness (QED) is 0.792. The molecule has 2 aromatic rings. The molecule has 1 unspecified atom stereocenters. The highest BCUT2D eigenvalue weighted by atomic mass is 16.5. The molecule has 3 rings (SSSR count). The number of fused-ring (bicyclic) bond motifs is 1. The van der Waals surface area contributed by atoms with Crippen LogP contribution in [0.15, 0.2) is 29.1 Å². The molecule has 1 heterocycles. The molecule has 2 N–H and O–H groups in total.